The third kappa shape index (κ3) is 5.64. The van der Waals surface area contributed by atoms with Crippen LogP contribution in [0.1, 0.15) is 25.0 Å². The Hall–Kier alpha value is -6.97. The van der Waals surface area contributed by atoms with Gasteiger partial charge in [-0.2, -0.15) is 0 Å². The number of hydrogen-bond donors (Lipinski definition) is 0. The molecule has 0 radical (unpaired) electrons. The molecule has 9 aromatic rings. The third-order valence-corrected chi connectivity index (χ3v) is 11.2. The van der Waals surface area contributed by atoms with Crippen molar-refractivity contribution in [2.75, 3.05) is 0 Å². The van der Waals surface area contributed by atoms with E-state index in [1.54, 1.807) is 6.20 Å². The number of rotatable bonds is 6. The summed E-state index contributed by atoms with van der Waals surface area (Å²) in [6.45, 7) is 4.71. The Labute approximate surface area is 321 Å². The van der Waals surface area contributed by atoms with Crippen molar-refractivity contribution >= 4 is 10.8 Å². The van der Waals surface area contributed by atoms with E-state index >= 15 is 0 Å². The maximum Gasteiger partial charge on any atom is 0.160 e. The van der Waals surface area contributed by atoms with Crippen molar-refractivity contribution in [2.45, 2.75) is 19.3 Å². The van der Waals surface area contributed by atoms with E-state index < -0.39 is 0 Å². The van der Waals surface area contributed by atoms with E-state index in [0.29, 0.717) is 5.82 Å². The summed E-state index contributed by atoms with van der Waals surface area (Å²) < 4.78 is 0. The Kier molecular flexibility index (Phi) is 7.81. The van der Waals surface area contributed by atoms with Gasteiger partial charge in [0.15, 0.2) is 5.82 Å². The van der Waals surface area contributed by atoms with Gasteiger partial charge in [0.25, 0.3) is 0 Å². The van der Waals surface area contributed by atoms with Crippen molar-refractivity contribution in [1.29, 1.82) is 0 Å². The molecule has 0 saturated carbocycles. The Balaban J connectivity index is 1.07. The van der Waals surface area contributed by atoms with Gasteiger partial charge in [-0.3, -0.25) is 4.98 Å². The van der Waals surface area contributed by atoms with Gasteiger partial charge in [-0.15, -0.1) is 0 Å². The molecule has 2 aromatic heterocycles. The molecule has 0 N–H and O–H groups in total. The van der Waals surface area contributed by atoms with Crippen LogP contribution in [0.4, 0.5) is 0 Å². The van der Waals surface area contributed by atoms with Gasteiger partial charge in [-0.1, -0.05) is 172 Å². The highest BCUT2D eigenvalue weighted by molar-refractivity contribution is 6.05. The Bertz CT molecular complexity index is 2870. The van der Waals surface area contributed by atoms with Gasteiger partial charge in [0.2, 0.25) is 0 Å². The molecule has 0 unspecified atom stereocenters. The second-order valence-electron chi connectivity index (χ2n) is 14.8. The summed E-state index contributed by atoms with van der Waals surface area (Å²) in [5.41, 5.74) is 17.3. The molecule has 2 heterocycles. The van der Waals surface area contributed by atoms with E-state index in [9.17, 15) is 0 Å². The molecule has 0 amide bonds. The first-order valence-corrected chi connectivity index (χ1v) is 18.8. The normalized spacial score (nSPS) is 12.7. The lowest BCUT2D eigenvalue weighted by Gasteiger charge is -2.24. The zero-order valence-corrected chi connectivity index (χ0v) is 30.7. The summed E-state index contributed by atoms with van der Waals surface area (Å²) in [6.07, 6.45) is 3.70. The molecule has 7 aromatic carbocycles. The number of fused-ring (bicyclic) bond motifs is 4. The lowest BCUT2D eigenvalue weighted by molar-refractivity contribution is 0.662. The van der Waals surface area contributed by atoms with E-state index in [1.807, 2.05) is 30.5 Å². The number of nitrogens with zero attached hydrogens (tertiary/aromatic N) is 3. The highest BCUT2D eigenvalue weighted by Gasteiger charge is 2.37. The highest BCUT2D eigenvalue weighted by Crippen LogP contribution is 2.52. The lowest BCUT2D eigenvalue weighted by atomic mass is 9.79. The third-order valence-electron chi connectivity index (χ3n) is 11.2. The van der Waals surface area contributed by atoms with E-state index in [4.69, 9.17) is 9.97 Å². The summed E-state index contributed by atoms with van der Waals surface area (Å²) in [5.74, 6) is 0.697. The molecule has 0 aliphatic heterocycles. The summed E-state index contributed by atoms with van der Waals surface area (Å²) in [6, 6.07) is 62.8. The zero-order chi connectivity index (χ0) is 36.9. The standard InChI is InChI=1S/C52H37N3/c1-52(2)47-23-9-8-20-44(47)46-22-11-21-41(50(46)52)35-26-24-34(25-27-35)40-28-29-45(43-19-7-6-18-42(40)43)49-32-48(54-51(55-49)36-13-4-3-5-14-36)38-16-10-15-37(31-38)39-17-12-30-53-33-39/h3-33H,1-2H3. The molecule has 3 heteroatoms. The van der Waals surface area contributed by atoms with Crippen LogP contribution in [0.15, 0.2) is 188 Å². The topological polar surface area (TPSA) is 38.7 Å². The molecule has 1 aliphatic rings. The fourth-order valence-electron chi connectivity index (χ4n) is 8.53. The van der Waals surface area contributed by atoms with Crippen LogP contribution in [-0.4, -0.2) is 15.0 Å². The summed E-state index contributed by atoms with van der Waals surface area (Å²) >= 11 is 0. The molecule has 1 aliphatic carbocycles. The first-order valence-electron chi connectivity index (χ1n) is 18.8. The predicted octanol–water partition coefficient (Wildman–Crippen LogP) is 13.3. The van der Waals surface area contributed by atoms with Crippen molar-refractivity contribution in [3.05, 3.63) is 199 Å². The zero-order valence-electron chi connectivity index (χ0n) is 30.7. The summed E-state index contributed by atoms with van der Waals surface area (Å²) in [7, 11) is 0. The highest BCUT2D eigenvalue weighted by atomic mass is 14.9. The molecule has 0 atom stereocenters. The maximum atomic E-state index is 5.21. The van der Waals surface area contributed by atoms with Crippen molar-refractivity contribution in [2.24, 2.45) is 0 Å². The minimum absolute atomic E-state index is 0.0728. The van der Waals surface area contributed by atoms with Crippen molar-refractivity contribution in [1.82, 2.24) is 15.0 Å². The smallest absolute Gasteiger partial charge is 0.160 e. The van der Waals surface area contributed by atoms with Crippen LogP contribution in [0.5, 0.6) is 0 Å². The number of aromatic nitrogens is 3. The second kappa shape index (κ2) is 13.2. The molecule has 3 nitrogen and oxygen atoms in total. The number of benzene rings is 7. The maximum absolute atomic E-state index is 5.21. The van der Waals surface area contributed by atoms with E-state index in [1.165, 1.54) is 49.9 Å². The molecule has 0 spiro atoms. The quantitative estimate of drug-likeness (QED) is 0.173. The van der Waals surface area contributed by atoms with Crippen molar-refractivity contribution in [3.63, 3.8) is 0 Å². The van der Waals surface area contributed by atoms with Crippen molar-refractivity contribution in [3.8, 4) is 78.4 Å². The van der Waals surface area contributed by atoms with Gasteiger partial charge in [-0.05, 0) is 79.0 Å². The van der Waals surface area contributed by atoms with Gasteiger partial charge >= 0.3 is 0 Å². The first kappa shape index (κ1) is 32.7. The molecular formula is C52H37N3. The molecular weight excluding hydrogens is 667 g/mol. The van der Waals surface area contributed by atoms with Crippen LogP contribution < -0.4 is 0 Å². The Morgan fingerprint density at radius 3 is 1.78 bits per heavy atom. The molecule has 10 rings (SSSR count). The van der Waals surface area contributed by atoms with Gasteiger partial charge < -0.3 is 0 Å². The first-order chi connectivity index (χ1) is 27.0. The van der Waals surface area contributed by atoms with Crippen LogP contribution in [0.3, 0.4) is 0 Å². The largest absolute Gasteiger partial charge is 0.264 e. The van der Waals surface area contributed by atoms with Gasteiger partial charge in [0, 0.05) is 40.1 Å². The van der Waals surface area contributed by atoms with Crippen molar-refractivity contribution < 1.29 is 0 Å². The average Bonchev–Trinajstić information content (AvgIpc) is 3.50. The fourth-order valence-corrected chi connectivity index (χ4v) is 8.53. The molecule has 260 valence electrons. The van der Waals surface area contributed by atoms with Gasteiger partial charge in [-0.25, -0.2) is 9.97 Å². The number of hydrogen-bond acceptors (Lipinski definition) is 3. The summed E-state index contributed by atoms with van der Waals surface area (Å²) in [5, 5.41) is 2.34. The molecule has 0 fully saturated rings. The fraction of sp³-hybridized carbons (Fsp3) is 0.0577. The minimum atomic E-state index is -0.0728. The molecule has 0 bridgehead atoms. The van der Waals surface area contributed by atoms with E-state index in [-0.39, 0.29) is 5.41 Å². The minimum Gasteiger partial charge on any atom is -0.264 e. The number of pyridine rings is 1. The Morgan fingerprint density at radius 2 is 0.982 bits per heavy atom. The lowest BCUT2D eigenvalue weighted by Crippen LogP contribution is -2.16. The van der Waals surface area contributed by atoms with E-state index in [0.717, 1.165) is 44.6 Å². The van der Waals surface area contributed by atoms with E-state index in [2.05, 4.69) is 170 Å². The summed E-state index contributed by atoms with van der Waals surface area (Å²) in [4.78, 5) is 14.7. The molecule has 0 saturated heterocycles. The average molecular weight is 704 g/mol. The van der Waals surface area contributed by atoms with Gasteiger partial charge in [0.1, 0.15) is 0 Å². The second-order valence-corrected chi connectivity index (χ2v) is 14.8. The van der Waals surface area contributed by atoms with Crippen LogP contribution in [0, 0.1) is 0 Å². The van der Waals surface area contributed by atoms with Crippen LogP contribution in [-0.2, 0) is 5.41 Å². The Morgan fingerprint density at radius 1 is 0.382 bits per heavy atom. The SMILES string of the molecule is CC1(C)c2ccccc2-c2cccc(-c3ccc(-c4ccc(-c5cc(-c6cccc(-c7cccnc7)c6)nc(-c6ccccc6)n5)c5ccccc45)cc3)c21. The van der Waals surface area contributed by atoms with Crippen LogP contribution in [0.2, 0.25) is 0 Å². The van der Waals surface area contributed by atoms with Gasteiger partial charge in [0.05, 0.1) is 11.4 Å². The predicted molar refractivity (Wildman–Crippen MR) is 228 cm³/mol. The monoisotopic (exact) mass is 703 g/mol. The van der Waals surface area contributed by atoms with Crippen LogP contribution >= 0.6 is 0 Å². The molecule has 55 heavy (non-hydrogen) atoms. The van der Waals surface area contributed by atoms with Crippen LogP contribution in [0.25, 0.3) is 89.2 Å².